The molecule has 0 saturated carbocycles. The molecule has 0 atom stereocenters. The van der Waals surface area contributed by atoms with E-state index in [-0.39, 0.29) is 0 Å². The first-order chi connectivity index (χ1) is 19.4. The monoisotopic (exact) mass is 540 g/mol. The second kappa shape index (κ2) is 16.1. The molecule has 0 fully saturated rings. The summed E-state index contributed by atoms with van der Waals surface area (Å²) in [5, 5.41) is 0. The Morgan fingerprint density at radius 2 is 1.07 bits per heavy atom. The number of hydrogen-bond acceptors (Lipinski definition) is 0. The highest BCUT2D eigenvalue weighted by Gasteiger charge is 2.30. The summed E-state index contributed by atoms with van der Waals surface area (Å²) in [5.41, 5.74) is 25.9. The molecule has 1 aliphatic heterocycles. The average Bonchev–Trinajstić information content (AvgIpc) is 3.27. The van der Waals surface area contributed by atoms with E-state index in [1.807, 2.05) is 0 Å². The Morgan fingerprint density at radius 1 is 0.575 bits per heavy atom. The van der Waals surface area contributed by atoms with Gasteiger partial charge in [0.2, 0.25) is 11.4 Å². The molecule has 0 unspecified atom stereocenters. The fourth-order valence-electron chi connectivity index (χ4n) is 6.19. The van der Waals surface area contributed by atoms with E-state index in [0.29, 0.717) is 0 Å². The predicted molar refractivity (Wildman–Crippen MR) is 175 cm³/mol. The second-order valence-corrected chi connectivity index (χ2v) is 12.2. The minimum absolute atomic E-state index is 0.950. The molecule has 1 heterocycles. The smallest absolute Gasteiger partial charge is 0.210 e. The Labute approximate surface area is 246 Å². The Hall–Kier alpha value is -2.48. The molecule has 2 aromatic rings. The van der Waals surface area contributed by atoms with Gasteiger partial charge in [0.25, 0.3) is 0 Å². The molecule has 0 spiro atoms. The lowest BCUT2D eigenvalue weighted by Crippen LogP contribution is -2.07. The molecule has 1 aliphatic rings. The number of hydrogen-bond donors (Lipinski definition) is 0. The van der Waals surface area contributed by atoms with Crippen LogP contribution >= 0.6 is 0 Å². The predicted octanol–water partition coefficient (Wildman–Crippen LogP) is 11.8. The first-order valence-corrected chi connectivity index (χ1v) is 16.5. The highest BCUT2D eigenvalue weighted by molar-refractivity contribution is 5.79. The summed E-state index contributed by atoms with van der Waals surface area (Å²) in [6.45, 7) is 15.7. The van der Waals surface area contributed by atoms with Gasteiger partial charge in [0.1, 0.15) is 0 Å². The van der Waals surface area contributed by atoms with E-state index in [1.165, 1.54) is 108 Å². The topological polar surface area (TPSA) is 25.3 Å². The van der Waals surface area contributed by atoms with Crippen molar-refractivity contribution >= 4 is 11.4 Å². The van der Waals surface area contributed by atoms with Crippen molar-refractivity contribution in [2.45, 2.75) is 145 Å². The molecule has 0 aromatic heterocycles. The number of benzene rings is 2. The van der Waals surface area contributed by atoms with E-state index < -0.39 is 0 Å². The van der Waals surface area contributed by atoms with Gasteiger partial charge in [-0.2, -0.15) is 0 Å². The molecule has 2 nitrogen and oxygen atoms in total. The van der Waals surface area contributed by atoms with Crippen LogP contribution in [0.3, 0.4) is 0 Å². The zero-order valence-electron chi connectivity index (χ0n) is 26.9. The third kappa shape index (κ3) is 8.05. The van der Waals surface area contributed by atoms with Crippen LogP contribution in [0, 0.1) is 20.8 Å². The molecule has 40 heavy (non-hydrogen) atoms. The minimum Gasteiger partial charge on any atom is -0.493 e. The van der Waals surface area contributed by atoms with Gasteiger partial charge in [0.15, 0.2) is 0 Å². The third-order valence-corrected chi connectivity index (χ3v) is 8.92. The molecular weight excluding hydrogens is 484 g/mol. The van der Waals surface area contributed by atoms with Crippen LogP contribution < -0.4 is 0 Å². The molecule has 2 aromatic carbocycles. The maximum atomic E-state index is 11.8. The molecule has 218 valence electrons. The fourth-order valence-corrected chi connectivity index (χ4v) is 6.19. The minimum atomic E-state index is 0.950. The van der Waals surface area contributed by atoms with Crippen molar-refractivity contribution in [1.82, 2.24) is 0 Å². The molecule has 3 rings (SSSR count). The first kappa shape index (κ1) is 32.0. The van der Waals surface area contributed by atoms with Crippen molar-refractivity contribution in [2.24, 2.45) is 0 Å². The van der Waals surface area contributed by atoms with Gasteiger partial charge in [0.05, 0.1) is 0 Å². The highest BCUT2D eigenvalue weighted by atomic mass is 15.2. The largest absolute Gasteiger partial charge is 0.493 e. The third-order valence-electron chi connectivity index (χ3n) is 8.92. The molecule has 0 bridgehead atoms. The van der Waals surface area contributed by atoms with Crippen LogP contribution in [0.25, 0.3) is 16.9 Å². The maximum absolute atomic E-state index is 11.8. The highest BCUT2D eigenvalue weighted by Crippen LogP contribution is 2.39. The number of unbranched alkanes of at least 4 members (excludes halogenated alkanes) is 7. The van der Waals surface area contributed by atoms with Crippen LogP contribution in [-0.4, -0.2) is 4.70 Å². The zero-order valence-corrected chi connectivity index (χ0v) is 26.9. The number of aryl methyl sites for hydroxylation is 4. The van der Waals surface area contributed by atoms with Crippen LogP contribution in [0.15, 0.2) is 35.9 Å². The molecular formula is C38H56N2. The Balaban J connectivity index is 2.10. The van der Waals surface area contributed by atoms with Crippen LogP contribution in [0.4, 0.5) is 0 Å². The van der Waals surface area contributed by atoms with E-state index in [0.717, 1.165) is 49.1 Å². The van der Waals surface area contributed by atoms with E-state index in [9.17, 15) is 5.53 Å². The van der Waals surface area contributed by atoms with E-state index >= 15 is 0 Å². The van der Waals surface area contributed by atoms with E-state index in [4.69, 9.17) is 0 Å². The summed E-state index contributed by atoms with van der Waals surface area (Å²) in [7, 11) is 0. The standard InChI is InChI=1S/C38H56N2/c1-8-12-16-20-31-25-34(26-32(21-17-13-9-2)36(31)22-18-14-10-3)37-27-33(19-15-11-4)38(40(37)39)35-23-28(5)30(7)29(6)24-35/h23-27H,8-22H2,1-7H3. The Bertz CT molecular complexity index is 1160. The molecule has 2 heteroatoms. The fraction of sp³-hybridized carbons (Fsp3) is 0.579. The van der Waals surface area contributed by atoms with Crippen LogP contribution in [0.5, 0.6) is 0 Å². The summed E-state index contributed by atoms with van der Waals surface area (Å²) in [4.78, 5) is 0. The van der Waals surface area contributed by atoms with Gasteiger partial charge in [-0.3, -0.25) is 0 Å². The van der Waals surface area contributed by atoms with Gasteiger partial charge in [-0.15, -0.1) is 0 Å². The summed E-state index contributed by atoms with van der Waals surface area (Å²) < 4.78 is 1.52. The second-order valence-electron chi connectivity index (χ2n) is 12.2. The average molecular weight is 541 g/mol. The lowest BCUT2D eigenvalue weighted by molar-refractivity contribution is -0.344. The molecule has 0 radical (unpaired) electrons. The molecule has 0 saturated heterocycles. The molecule has 0 N–H and O–H groups in total. The van der Waals surface area contributed by atoms with Gasteiger partial charge in [-0.1, -0.05) is 72.6 Å². The van der Waals surface area contributed by atoms with Crippen molar-refractivity contribution < 1.29 is 4.70 Å². The molecule has 0 aliphatic carbocycles. The van der Waals surface area contributed by atoms with Crippen LogP contribution in [0.1, 0.15) is 149 Å². The van der Waals surface area contributed by atoms with Crippen molar-refractivity contribution in [2.75, 3.05) is 0 Å². The normalized spacial score (nSPS) is 13.5. The zero-order chi connectivity index (χ0) is 29.1. The van der Waals surface area contributed by atoms with E-state index in [1.54, 1.807) is 5.56 Å². The van der Waals surface area contributed by atoms with Crippen molar-refractivity contribution in [3.63, 3.8) is 0 Å². The quantitative estimate of drug-likeness (QED) is 0.141. The Morgan fingerprint density at radius 3 is 1.57 bits per heavy atom. The van der Waals surface area contributed by atoms with Crippen LogP contribution in [-0.2, 0) is 19.3 Å². The van der Waals surface area contributed by atoms with Gasteiger partial charge in [-0.25, -0.2) is 4.70 Å². The van der Waals surface area contributed by atoms with Gasteiger partial charge >= 0.3 is 0 Å². The van der Waals surface area contributed by atoms with Gasteiger partial charge in [0, 0.05) is 22.8 Å². The lowest BCUT2D eigenvalue weighted by atomic mass is 9.88. The SMILES string of the molecule is CCCCCc1cc(C2=CC(CCCC)=C(c3cc(C)c(C)c(C)c3)[N+]2=[N-])cc(CCCCC)c1CCCCC. The number of allylic oxidation sites excluding steroid dienone is 2. The molecule has 0 amide bonds. The summed E-state index contributed by atoms with van der Waals surface area (Å²) in [6.07, 6.45) is 20.4. The maximum Gasteiger partial charge on any atom is 0.210 e. The Kier molecular flexibility index (Phi) is 12.9. The van der Waals surface area contributed by atoms with Crippen molar-refractivity contribution in [3.05, 3.63) is 86.0 Å². The summed E-state index contributed by atoms with van der Waals surface area (Å²) >= 11 is 0. The lowest BCUT2D eigenvalue weighted by Gasteiger charge is -2.19. The van der Waals surface area contributed by atoms with E-state index in [2.05, 4.69) is 78.8 Å². The summed E-state index contributed by atoms with van der Waals surface area (Å²) in [6, 6.07) is 9.38. The van der Waals surface area contributed by atoms with Gasteiger partial charge < -0.3 is 5.53 Å². The van der Waals surface area contributed by atoms with Gasteiger partial charge in [-0.05, 0) is 130 Å². The van der Waals surface area contributed by atoms with Crippen molar-refractivity contribution in [1.29, 1.82) is 0 Å². The first-order valence-electron chi connectivity index (χ1n) is 16.5. The van der Waals surface area contributed by atoms with Crippen molar-refractivity contribution in [3.8, 4) is 0 Å². The number of rotatable bonds is 17. The van der Waals surface area contributed by atoms with Crippen LogP contribution in [0.2, 0.25) is 0 Å². The number of nitrogens with zero attached hydrogens (tertiary/aromatic N) is 2. The summed E-state index contributed by atoms with van der Waals surface area (Å²) in [5.74, 6) is 0.